The molecule has 2 N–H and O–H groups in total. The van der Waals surface area contributed by atoms with Crippen LogP contribution in [-0.2, 0) is 13.0 Å². The normalized spacial score (nSPS) is 10.9. The molecule has 0 saturated heterocycles. The van der Waals surface area contributed by atoms with Crippen molar-refractivity contribution in [2.24, 2.45) is 0 Å². The number of hydrogen-bond acceptors (Lipinski definition) is 6. The Hall–Kier alpha value is -3.81. The number of benzene rings is 2. The zero-order chi connectivity index (χ0) is 21.8. The van der Waals surface area contributed by atoms with Crippen LogP contribution in [-0.4, -0.2) is 34.7 Å². The van der Waals surface area contributed by atoms with Gasteiger partial charge >= 0.3 is 0 Å². The first kappa shape index (κ1) is 20.5. The summed E-state index contributed by atoms with van der Waals surface area (Å²) in [7, 11) is 1.62. The van der Waals surface area contributed by atoms with E-state index in [1.165, 1.54) is 5.56 Å². The smallest absolute Gasteiger partial charge is 0.273 e. The fraction of sp³-hybridized carbons (Fsp3) is 0.261. The molecule has 0 aliphatic heterocycles. The number of hydrogen-bond donors (Lipinski definition) is 2. The molecule has 0 bridgehead atoms. The van der Waals surface area contributed by atoms with Crippen molar-refractivity contribution in [3.8, 4) is 11.5 Å². The van der Waals surface area contributed by atoms with Crippen LogP contribution >= 0.6 is 0 Å². The largest absolute Gasteiger partial charge is 0.497 e. The Bertz CT molecular complexity index is 1210. The summed E-state index contributed by atoms with van der Waals surface area (Å²) >= 11 is 0. The third kappa shape index (κ3) is 4.85. The van der Waals surface area contributed by atoms with Gasteiger partial charge in [-0.3, -0.25) is 4.79 Å². The van der Waals surface area contributed by atoms with Crippen molar-refractivity contribution in [2.45, 2.75) is 26.9 Å². The first-order valence-electron chi connectivity index (χ1n) is 9.98. The van der Waals surface area contributed by atoms with Crippen molar-refractivity contribution in [2.75, 3.05) is 13.7 Å². The average molecular weight is 420 g/mol. The van der Waals surface area contributed by atoms with E-state index in [0.29, 0.717) is 18.7 Å². The Labute approximate surface area is 179 Å². The Morgan fingerprint density at radius 1 is 1.10 bits per heavy atom. The van der Waals surface area contributed by atoms with Crippen LogP contribution in [0.1, 0.15) is 33.2 Å². The van der Waals surface area contributed by atoms with Gasteiger partial charge in [-0.25, -0.2) is 4.98 Å². The summed E-state index contributed by atoms with van der Waals surface area (Å²) in [4.78, 5) is 20.1. The van der Waals surface area contributed by atoms with Gasteiger partial charge in [-0.1, -0.05) is 11.2 Å². The molecule has 0 fully saturated rings. The van der Waals surface area contributed by atoms with Crippen molar-refractivity contribution < 1.29 is 18.8 Å². The Morgan fingerprint density at radius 2 is 1.94 bits per heavy atom. The zero-order valence-corrected chi connectivity index (χ0v) is 17.7. The number of methoxy groups -OCH3 is 1. The Balaban J connectivity index is 1.28. The van der Waals surface area contributed by atoms with E-state index in [0.717, 1.165) is 33.9 Å². The molecule has 1 amide bonds. The van der Waals surface area contributed by atoms with Gasteiger partial charge in [-0.2, -0.15) is 0 Å². The quantitative estimate of drug-likeness (QED) is 0.450. The molecule has 31 heavy (non-hydrogen) atoms. The number of ether oxygens (including phenoxy) is 2. The molecule has 0 spiro atoms. The average Bonchev–Trinajstić information content (AvgIpc) is 3.40. The molecule has 2 aromatic carbocycles. The van der Waals surface area contributed by atoms with E-state index < -0.39 is 0 Å². The van der Waals surface area contributed by atoms with Crippen molar-refractivity contribution in [1.29, 1.82) is 0 Å². The number of H-pyrrole nitrogens is 1. The number of aromatic amines is 1. The number of rotatable bonds is 8. The third-order valence-electron chi connectivity index (χ3n) is 5.04. The maximum atomic E-state index is 12.3. The van der Waals surface area contributed by atoms with Crippen molar-refractivity contribution in [3.63, 3.8) is 0 Å². The fourth-order valence-electron chi connectivity index (χ4n) is 3.12. The van der Waals surface area contributed by atoms with Crippen molar-refractivity contribution in [3.05, 3.63) is 70.9 Å². The number of imidazole rings is 1. The van der Waals surface area contributed by atoms with E-state index in [4.69, 9.17) is 14.0 Å². The number of nitrogens with zero attached hydrogens (tertiary/aromatic N) is 2. The number of fused-ring (bicyclic) bond motifs is 1. The first-order valence-corrected chi connectivity index (χ1v) is 9.98. The highest BCUT2D eigenvalue weighted by Gasteiger charge is 2.13. The molecule has 0 aliphatic carbocycles. The highest BCUT2D eigenvalue weighted by Crippen LogP contribution is 2.19. The summed E-state index contributed by atoms with van der Waals surface area (Å²) in [5, 5.41) is 6.66. The highest BCUT2D eigenvalue weighted by atomic mass is 16.5. The van der Waals surface area contributed by atoms with Gasteiger partial charge in [0.25, 0.3) is 5.91 Å². The molecule has 2 heterocycles. The number of aromatic nitrogens is 3. The fourth-order valence-corrected chi connectivity index (χ4v) is 3.12. The molecule has 4 rings (SSSR count). The lowest BCUT2D eigenvalue weighted by atomic mass is 10.1. The SMILES string of the molecule is COc1ccc2nc(CCNC(=O)c3cc(COc4ccc(C)c(C)c4)on3)[nH]c2c1. The van der Waals surface area contributed by atoms with E-state index in [-0.39, 0.29) is 18.2 Å². The van der Waals surface area contributed by atoms with Gasteiger partial charge in [0.2, 0.25) is 0 Å². The Kier molecular flexibility index (Phi) is 5.88. The number of carbonyl (C=O) groups is 1. The maximum Gasteiger partial charge on any atom is 0.273 e. The highest BCUT2D eigenvalue weighted by molar-refractivity contribution is 5.92. The van der Waals surface area contributed by atoms with E-state index in [2.05, 4.69) is 20.4 Å². The predicted octanol–water partition coefficient (Wildman–Crippen LogP) is 3.73. The summed E-state index contributed by atoms with van der Waals surface area (Å²) in [6.07, 6.45) is 0.559. The van der Waals surface area contributed by atoms with Crippen molar-refractivity contribution in [1.82, 2.24) is 20.4 Å². The van der Waals surface area contributed by atoms with Crippen LogP contribution in [0.4, 0.5) is 0 Å². The van der Waals surface area contributed by atoms with Crippen LogP contribution in [0.3, 0.4) is 0 Å². The topological polar surface area (TPSA) is 102 Å². The third-order valence-corrected chi connectivity index (χ3v) is 5.04. The molecule has 0 unspecified atom stereocenters. The molecular weight excluding hydrogens is 396 g/mol. The van der Waals surface area contributed by atoms with E-state index in [9.17, 15) is 4.79 Å². The molecule has 8 heteroatoms. The predicted molar refractivity (Wildman–Crippen MR) is 115 cm³/mol. The van der Waals surface area contributed by atoms with Crippen LogP contribution in [0, 0.1) is 13.8 Å². The molecule has 2 aromatic heterocycles. The zero-order valence-electron chi connectivity index (χ0n) is 17.7. The molecule has 0 atom stereocenters. The molecule has 160 valence electrons. The number of amides is 1. The van der Waals surface area contributed by atoms with Crippen LogP contribution in [0.2, 0.25) is 0 Å². The number of carbonyl (C=O) groups excluding carboxylic acids is 1. The van der Waals surface area contributed by atoms with Crippen molar-refractivity contribution >= 4 is 16.9 Å². The lowest BCUT2D eigenvalue weighted by Crippen LogP contribution is -2.26. The van der Waals surface area contributed by atoms with E-state index in [1.54, 1.807) is 13.2 Å². The van der Waals surface area contributed by atoms with Gasteiger partial charge in [-0.15, -0.1) is 0 Å². The van der Waals surface area contributed by atoms with E-state index in [1.807, 2.05) is 50.2 Å². The van der Waals surface area contributed by atoms with Gasteiger partial charge in [0, 0.05) is 25.1 Å². The molecular formula is C23H24N4O4. The van der Waals surface area contributed by atoms with Crippen LogP contribution in [0.5, 0.6) is 11.5 Å². The van der Waals surface area contributed by atoms with Gasteiger partial charge in [0.1, 0.15) is 23.9 Å². The molecule has 0 saturated carbocycles. The number of nitrogens with one attached hydrogen (secondary N) is 2. The second-order valence-corrected chi connectivity index (χ2v) is 7.29. The van der Waals surface area contributed by atoms with Gasteiger partial charge in [0.15, 0.2) is 11.5 Å². The van der Waals surface area contributed by atoms with Gasteiger partial charge in [0.05, 0.1) is 18.1 Å². The lowest BCUT2D eigenvalue weighted by Gasteiger charge is -2.06. The minimum Gasteiger partial charge on any atom is -0.497 e. The molecule has 8 nitrogen and oxygen atoms in total. The first-order chi connectivity index (χ1) is 15.0. The lowest BCUT2D eigenvalue weighted by molar-refractivity contribution is 0.0944. The second kappa shape index (κ2) is 8.91. The molecule has 0 radical (unpaired) electrons. The minimum absolute atomic E-state index is 0.200. The van der Waals surface area contributed by atoms with Crippen LogP contribution in [0.15, 0.2) is 47.0 Å². The standard InChI is InChI=1S/C23H24N4O4/c1-14-4-5-17(10-15(14)2)30-13-18-12-21(27-31-18)23(28)24-9-8-22-25-19-7-6-16(29-3)11-20(19)26-22/h4-7,10-12H,8-9,13H2,1-3H3,(H,24,28)(H,25,26). The molecule has 0 aliphatic rings. The van der Waals surface area contributed by atoms with Crippen LogP contribution in [0.25, 0.3) is 11.0 Å². The summed E-state index contributed by atoms with van der Waals surface area (Å²) in [6, 6.07) is 13.1. The van der Waals surface area contributed by atoms with Gasteiger partial charge < -0.3 is 24.3 Å². The second-order valence-electron chi connectivity index (χ2n) is 7.29. The number of aryl methyl sites for hydroxylation is 2. The van der Waals surface area contributed by atoms with Crippen LogP contribution < -0.4 is 14.8 Å². The summed E-state index contributed by atoms with van der Waals surface area (Å²) in [6.45, 7) is 4.69. The summed E-state index contributed by atoms with van der Waals surface area (Å²) in [5.41, 5.74) is 4.32. The Morgan fingerprint density at radius 3 is 2.74 bits per heavy atom. The monoisotopic (exact) mass is 420 g/mol. The summed E-state index contributed by atoms with van der Waals surface area (Å²) in [5.74, 6) is 2.47. The van der Waals surface area contributed by atoms with Gasteiger partial charge in [-0.05, 0) is 49.2 Å². The summed E-state index contributed by atoms with van der Waals surface area (Å²) < 4.78 is 16.2. The minimum atomic E-state index is -0.307. The van der Waals surface area contributed by atoms with E-state index >= 15 is 0 Å². The maximum absolute atomic E-state index is 12.3. The molecule has 4 aromatic rings.